The number of halogens is 2. The molecule has 0 fully saturated rings. The maximum absolute atomic E-state index is 13.4. The minimum Gasteiger partial charge on any atom is -0.497 e. The van der Waals surface area contributed by atoms with E-state index in [1.165, 1.54) is 16.5 Å². The first kappa shape index (κ1) is 20.7. The van der Waals surface area contributed by atoms with Gasteiger partial charge in [-0.1, -0.05) is 47.5 Å². The second kappa shape index (κ2) is 8.30. The Kier molecular flexibility index (Phi) is 5.73. The van der Waals surface area contributed by atoms with Crippen molar-refractivity contribution in [1.82, 2.24) is 4.41 Å². The van der Waals surface area contributed by atoms with Crippen LogP contribution in [0.25, 0.3) is 0 Å². The first-order chi connectivity index (χ1) is 14.4. The van der Waals surface area contributed by atoms with Gasteiger partial charge in [-0.05, 0) is 54.1 Å². The van der Waals surface area contributed by atoms with Gasteiger partial charge in [-0.3, -0.25) is 0 Å². The zero-order chi connectivity index (χ0) is 21.3. The van der Waals surface area contributed by atoms with E-state index in [1.807, 2.05) is 36.4 Å². The molecule has 8 heteroatoms. The minimum absolute atomic E-state index is 0.126. The number of hydrazone groups is 1. The lowest BCUT2D eigenvalue weighted by Gasteiger charge is -2.23. The molecule has 0 aliphatic carbocycles. The lowest BCUT2D eigenvalue weighted by molar-refractivity contribution is 0.371. The van der Waals surface area contributed by atoms with Crippen LogP contribution >= 0.6 is 23.2 Å². The van der Waals surface area contributed by atoms with E-state index in [2.05, 4.69) is 5.10 Å². The van der Waals surface area contributed by atoms with Crippen LogP contribution in [0.3, 0.4) is 0 Å². The summed E-state index contributed by atoms with van der Waals surface area (Å²) in [7, 11) is -2.31. The monoisotopic (exact) mass is 460 g/mol. The Morgan fingerprint density at radius 2 is 1.60 bits per heavy atom. The molecular formula is C22H18Cl2N2O3S. The van der Waals surface area contributed by atoms with Crippen molar-refractivity contribution < 1.29 is 13.2 Å². The molecule has 0 radical (unpaired) electrons. The number of sulfonamides is 1. The van der Waals surface area contributed by atoms with E-state index >= 15 is 0 Å². The maximum Gasteiger partial charge on any atom is 0.279 e. The summed E-state index contributed by atoms with van der Waals surface area (Å²) in [4.78, 5) is 0.126. The number of hydrogen-bond donors (Lipinski definition) is 0. The molecule has 3 aromatic rings. The molecule has 0 N–H and O–H groups in total. The number of nitrogens with zero attached hydrogens (tertiary/aromatic N) is 2. The fourth-order valence-electron chi connectivity index (χ4n) is 3.34. The first-order valence-corrected chi connectivity index (χ1v) is 11.4. The Morgan fingerprint density at radius 3 is 2.23 bits per heavy atom. The zero-order valence-electron chi connectivity index (χ0n) is 16.0. The van der Waals surface area contributed by atoms with Crippen LogP contribution < -0.4 is 4.74 Å². The summed E-state index contributed by atoms with van der Waals surface area (Å²) in [6.07, 6.45) is 0.418. The number of benzene rings is 3. The largest absolute Gasteiger partial charge is 0.497 e. The molecule has 4 rings (SSSR count). The van der Waals surface area contributed by atoms with Crippen molar-refractivity contribution in [1.29, 1.82) is 0 Å². The molecule has 1 atom stereocenters. The maximum atomic E-state index is 13.4. The Labute approximate surface area is 185 Å². The second-order valence-corrected chi connectivity index (χ2v) is 9.45. The van der Waals surface area contributed by atoms with Crippen molar-refractivity contribution >= 4 is 38.9 Å². The van der Waals surface area contributed by atoms with E-state index in [4.69, 9.17) is 27.9 Å². The molecule has 30 heavy (non-hydrogen) atoms. The smallest absolute Gasteiger partial charge is 0.279 e. The number of hydrogen-bond acceptors (Lipinski definition) is 4. The van der Waals surface area contributed by atoms with Crippen LogP contribution in [-0.4, -0.2) is 25.7 Å². The third-order valence-corrected chi connectivity index (χ3v) is 7.09. The van der Waals surface area contributed by atoms with Crippen molar-refractivity contribution in [3.05, 3.63) is 94.0 Å². The first-order valence-electron chi connectivity index (χ1n) is 9.16. The molecule has 1 unspecified atom stereocenters. The predicted molar refractivity (Wildman–Crippen MR) is 119 cm³/mol. The summed E-state index contributed by atoms with van der Waals surface area (Å²) >= 11 is 12.0. The summed E-state index contributed by atoms with van der Waals surface area (Å²) in [6.45, 7) is 0. The molecular weight excluding hydrogens is 443 g/mol. The van der Waals surface area contributed by atoms with Gasteiger partial charge in [0.25, 0.3) is 10.0 Å². The topological polar surface area (TPSA) is 59.0 Å². The highest BCUT2D eigenvalue weighted by atomic mass is 35.5. The Balaban J connectivity index is 1.80. The van der Waals surface area contributed by atoms with Crippen molar-refractivity contribution in [2.75, 3.05) is 7.11 Å². The summed E-state index contributed by atoms with van der Waals surface area (Å²) < 4.78 is 33.3. The van der Waals surface area contributed by atoms with Gasteiger partial charge >= 0.3 is 0 Å². The zero-order valence-corrected chi connectivity index (χ0v) is 18.3. The van der Waals surface area contributed by atoms with Crippen LogP contribution in [-0.2, 0) is 10.0 Å². The normalized spacial score (nSPS) is 16.4. The number of ether oxygens (including phenoxy) is 1. The van der Waals surface area contributed by atoms with Gasteiger partial charge in [-0.15, -0.1) is 0 Å². The van der Waals surface area contributed by atoms with E-state index in [1.54, 1.807) is 31.4 Å². The van der Waals surface area contributed by atoms with Crippen molar-refractivity contribution in [3.8, 4) is 5.75 Å². The quantitative estimate of drug-likeness (QED) is 0.501. The van der Waals surface area contributed by atoms with E-state index in [9.17, 15) is 8.42 Å². The van der Waals surface area contributed by atoms with Crippen molar-refractivity contribution in [2.45, 2.75) is 17.4 Å². The van der Waals surface area contributed by atoms with Gasteiger partial charge in [0.05, 0.1) is 23.8 Å². The molecule has 0 spiro atoms. The SMILES string of the molecule is COc1cccc(C2=NN(S(=O)(=O)c3ccc(Cl)cc3)C(c3ccc(Cl)cc3)C2)c1. The van der Waals surface area contributed by atoms with Gasteiger partial charge in [0.15, 0.2) is 0 Å². The third-order valence-electron chi connectivity index (χ3n) is 4.89. The molecule has 0 saturated carbocycles. The molecule has 3 aromatic carbocycles. The molecule has 0 saturated heterocycles. The van der Waals surface area contributed by atoms with Gasteiger partial charge in [0, 0.05) is 22.0 Å². The van der Waals surface area contributed by atoms with Crippen molar-refractivity contribution in [2.24, 2.45) is 5.10 Å². The molecule has 0 amide bonds. The summed E-state index contributed by atoms with van der Waals surface area (Å²) in [5, 5.41) is 5.57. The average molecular weight is 461 g/mol. The summed E-state index contributed by atoms with van der Waals surface area (Å²) in [5.41, 5.74) is 2.27. The highest BCUT2D eigenvalue weighted by molar-refractivity contribution is 7.89. The van der Waals surface area contributed by atoms with Crippen LogP contribution in [0, 0.1) is 0 Å². The molecule has 1 aliphatic heterocycles. The minimum atomic E-state index is -3.90. The van der Waals surface area contributed by atoms with Gasteiger partial charge in [-0.2, -0.15) is 17.9 Å². The van der Waals surface area contributed by atoms with Crippen LogP contribution in [0.4, 0.5) is 0 Å². The van der Waals surface area contributed by atoms with E-state index in [-0.39, 0.29) is 4.90 Å². The van der Waals surface area contributed by atoms with Gasteiger partial charge < -0.3 is 4.74 Å². The Bertz CT molecular complexity index is 1190. The Morgan fingerprint density at radius 1 is 0.967 bits per heavy atom. The van der Waals surface area contributed by atoms with Crippen LogP contribution in [0.2, 0.25) is 10.0 Å². The van der Waals surface area contributed by atoms with Crippen LogP contribution in [0.5, 0.6) is 5.75 Å². The highest BCUT2D eigenvalue weighted by Gasteiger charge is 2.37. The highest BCUT2D eigenvalue weighted by Crippen LogP contribution is 2.38. The lowest BCUT2D eigenvalue weighted by atomic mass is 9.99. The predicted octanol–water partition coefficient (Wildman–Crippen LogP) is 5.54. The average Bonchev–Trinajstić information content (AvgIpc) is 3.21. The fourth-order valence-corrected chi connectivity index (χ4v) is 5.02. The number of methoxy groups -OCH3 is 1. The van der Waals surface area contributed by atoms with Crippen LogP contribution in [0.15, 0.2) is 82.8 Å². The summed E-state index contributed by atoms with van der Waals surface area (Å²) in [5.74, 6) is 0.678. The lowest BCUT2D eigenvalue weighted by Crippen LogP contribution is -2.27. The number of rotatable bonds is 5. The van der Waals surface area contributed by atoms with E-state index in [0.29, 0.717) is 27.9 Å². The van der Waals surface area contributed by atoms with Gasteiger partial charge in [0.2, 0.25) is 0 Å². The summed E-state index contributed by atoms with van der Waals surface area (Å²) in [6, 6.07) is 20.1. The fraction of sp³-hybridized carbons (Fsp3) is 0.136. The standard InChI is InChI=1S/C22H18Cl2N2O3S/c1-29-19-4-2-3-16(13-19)21-14-22(15-5-7-17(23)8-6-15)26(25-21)30(27,28)20-11-9-18(24)10-12-20/h2-13,22H,14H2,1H3. The molecule has 154 valence electrons. The third kappa shape index (κ3) is 4.03. The molecule has 0 bridgehead atoms. The molecule has 1 aliphatic rings. The van der Waals surface area contributed by atoms with Crippen molar-refractivity contribution in [3.63, 3.8) is 0 Å². The second-order valence-electron chi connectivity index (χ2n) is 6.78. The Hall–Kier alpha value is -2.54. The van der Waals surface area contributed by atoms with Gasteiger partial charge in [0.1, 0.15) is 5.75 Å². The molecule has 1 heterocycles. The van der Waals surface area contributed by atoms with Gasteiger partial charge in [-0.25, -0.2) is 0 Å². The molecule has 0 aromatic heterocycles. The van der Waals surface area contributed by atoms with Crippen LogP contribution in [0.1, 0.15) is 23.6 Å². The van der Waals surface area contributed by atoms with E-state index < -0.39 is 16.1 Å². The van der Waals surface area contributed by atoms with E-state index in [0.717, 1.165) is 11.1 Å². The molecule has 5 nitrogen and oxygen atoms in total.